The van der Waals surface area contributed by atoms with Crippen LogP contribution in [0, 0.1) is 11.6 Å². The summed E-state index contributed by atoms with van der Waals surface area (Å²) >= 11 is 0. The molecule has 1 N–H and O–H groups in total. The maximum atomic E-state index is 13.0. The second-order valence-electron chi connectivity index (χ2n) is 3.19. The number of halogens is 5. The third-order valence-corrected chi connectivity index (χ3v) is 2.00. The Balaban J connectivity index is 3.32. The van der Waals surface area contributed by atoms with Crippen LogP contribution < -0.4 is 0 Å². The van der Waals surface area contributed by atoms with E-state index in [1.807, 2.05) is 0 Å². The monoisotopic (exact) mass is 226 g/mol. The lowest BCUT2D eigenvalue weighted by Gasteiger charge is -2.26. The number of hydrogen-bond acceptors (Lipinski definition) is 1. The smallest absolute Gasteiger partial charge is 0.376 e. The predicted octanol–water partition coefficient (Wildman–Crippen LogP) is 2.73. The highest BCUT2D eigenvalue weighted by atomic mass is 19.4. The second kappa shape index (κ2) is 3.44. The fourth-order valence-corrected chi connectivity index (χ4v) is 1.02. The molecule has 1 nitrogen and oxygen atoms in total. The van der Waals surface area contributed by atoms with E-state index in [4.69, 9.17) is 5.11 Å². The fourth-order valence-electron chi connectivity index (χ4n) is 1.02. The Labute approximate surface area is 82.1 Å². The van der Waals surface area contributed by atoms with Crippen molar-refractivity contribution in [2.24, 2.45) is 0 Å². The van der Waals surface area contributed by atoms with E-state index in [0.717, 1.165) is 0 Å². The number of rotatable bonds is 1. The summed E-state index contributed by atoms with van der Waals surface area (Å²) in [5.41, 5.74) is -4.53. The number of benzene rings is 1. The van der Waals surface area contributed by atoms with Gasteiger partial charge in [-0.25, -0.2) is 8.78 Å². The van der Waals surface area contributed by atoms with E-state index in [0.29, 0.717) is 25.1 Å². The quantitative estimate of drug-likeness (QED) is 0.730. The highest BCUT2D eigenvalue weighted by Gasteiger charge is 2.52. The van der Waals surface area contributed by atoms with Gasteiger partial charge in [0.2, 0.25) is 0 Å². The maximum absolute atomic E-state index is 13.0. The molecule has 1 aromatic carbocycles. The standard InChI is InChI=1S/C9H7F5O/c1-8(15,9(12,13)14)6-4-5(10)2-3-7(6)11/h2-4,15H,1H3. The van der Waals surface area contributed by atoms with Gasteiger partial charge in [-0.3, -0.25) is 0 Å². The van der Waals surface area contributed by atoms with Crippen molar-refractivity contribution in [3.8, 4) is 0 Å². The Morgan fingerprint density at radius 2 is 1.67 bits per heavy atom. The zero-order valence-corrected chi connectivity index (χ0v) is 7.57. The molecule has 15 heavy (non-hydrogen) atoms. The number of hydrogen-bond donors (Lipinski definition) is 1. The molecule has 0 aliphatic rings. The molecule has 0 radical (unpaired) electrons. The summed E-state index contributed by atoms with van der Waals surface area (Å²) in [5, 5.41) is 9.10. The number of alkyl halides is 3. The molecule has 1 atom stereocenters. The summed E-state index contributed by atoms with van der Waals surface area (Å²) in [5.74, 6) is -2.35. The molecule has 6 heteroatoms. The summed E-state index contributed by atoms with van der Waals surface area (Å²) in [4.78, 5) is 0. The summed E-state index contributed by atoms with van der Waals surface area (Å²) in [6.07, 6.45) is -5.07. The van der Waals surface area contributed by atoms with Gasteiger partial charge < -0.3 is 5.11 Å². The van der Waals surface area contributed by atoms with Gasteiger partial charge in [0, 0.05) is 5.56 Å². The summed E-state index contributed by atoms with van der Waals surface area (Å²) < 4.78 is 62.5. The Kier molecular flexibility index (Phi) is 2.73. The van der Waals surface area contributed by atoms with Gasteiger partial charge in [0.05, 0.1) is 0 Å². The highest BCUT2D eigenvalue weighted by Crippen LogP contribution is 2.39. The van der Waals surface area contributed by atoms with E-state index in [-0.39, 0.29) is 0 Å². The first-order chi connectivity index (χ1) is 6.66. The predicted molar refractivity (Wildman–Crippen MR) is 42.0 cm³/mol. The van der Waals surface area contributed by atoms with Gasteiger partial charge in [0.25, 0.3) is 0 Å². The molecule has 1 unspecified atom stereocenters. The average molecular weight is 226 g/mol. The van der Waals surface area contributed by atoms with Gasteiger partial charge in [0.1, 0.15) is 11.6 Å². The molecular formula is C9H7F5O. The zero-order chi connectivity index (χ0) is 11.9. The first-order valence-electron chi connectivity index (χ1n) is 3.91. The van der Waals surface area contributed by atoms with Crippen molar-refractivity contribution in [2.45, 2.75) is 18.7 Å². The van der Waals surface area contributed by atoms with Crippen molar-refractivity contribution in [1.82, 2.24) is 0 Å². The first-order valence-corrected chi connectivity index (χ1v) is 3.91. The Morgan fingerprint density at radius 3 is 2.13 bits per heavy atom. The molecule has 0 aromatic heterocycles. The topological polar surface area (TPSA) is 20.2 Å². The zero-order valence-electron chi connectivity index (χ0n) is 7.57. The molecular weight excluding hydrogens is 219 g/mol. The van der Waals surface area contributed by atoms with Crippen LogP contribution in [0.3, 0.4) is 0 Å². The van der Waals surface area contributed by atoms with Crippen LogP contribution in [0.2, 0.25) is 0 Å². The summed E-state index contributed by atoms with van der Waals surface area (Å²) in [7, 11) is 0. The van der Waals surface area contributed by atoms with Crippen molar-refractivity contribution in [3.63, 3.8) is 0 Å². The molecule has 84 valence electrons. The molecule has 0 saturated carbocycles. The van der Waals surface area contributed by atoms with E-state index < -0.39 is 29.0 Å². The van der Waals surface area contributed by atoms with Crippen molar-refractivity contribution in [2.75, 3.05) is 0 Å². The average Bonchev–Trinajstić information content (AvgIpc) is 2.07. The van der Waals surface area contributed by atoms with Crippen LogP contribution in [-0.2, 0) is 5.60 Å². The van der Waals surface area contributed by atoms with E-state index in [1.54, 1.807) is 0 Å². The molecule has 0 aliphatic carbocycles. The van der Waals surface area contributed by atoms with Crippen LogP contribution in [0.1, 0.15) is 12.5 Å². The van der Waals surface area contributed by atoms with E-state index in [1.165, 1.54) is 0 Å². The van der Waals surface area contributed by atoms with E-state index in [2.05, 4.69) is 0 Å². The van der Waals surface area contributed by atoms with Gasteiger partial charge >= 0.3 is 6.18 Å². The van der Waals surface area contributed by atoms with Gasteiger partial charge in [0.15, 0.2) is 5.60 Å². The van der Waals surface area contributed by atoms with Crippen molar-refractivity contribution in [3.05, 3.63) is 35.4 Å². The second-order valence-corrected chi connectivity index (χ2v) is 3.19. The van der Waals surface area contributed by atoms with Crippen molar-refractivity contribution >= 4 is 0 Å². The molecule has 0 heterocycles. The van der Waals surface area contributed by atoms with Crippen LogP contribution in [0.5, 0.6) is 0 Å². The lowest BCUT2D eigenvalue weighted by Crippen LogP contribution is -2.40. The van der Waals surface area contributed by atoms with Crippen LogP contribution in [0.25, 0.3) is 0 Å². The molecule has 0 aliphatic heterocycles. The molecule has 1 rings (SSSR count). The van der Waals surface area contributed by atoms with Crippen LogP contribution in [-0.4, -0.2) is 11.3 Å². The van der Waals surface area contributed by atoms with Gasteiger partial charge in [-0.15, -0.1) is 0 Å². The Morgan fingerprint density at radius 1 is 1.13 bits per heavy atom. The molecule has 0 bridgehead atoms. The molecule has 0 amide bonds. The Hall–Kier alpha value is -1.17. The third-order valence-electron chi connectivity index (χ3n) is 2.00. The van der Waals surface area contributed by atoms with E-state index in [9.17, 15) is 22.0 Å². The Bertz CT molecular complexity index is 369. The molecule has 0 spiro atoms. The molecule has 0 fully saturated rings. The maximum Gasteiger partial charge on any atom is 0.421 e. The largest absolute Gasteiger partial charge is 0.421 e. The summed E-state index contributed by atoms with van der Waals surface area (Å²) in [6.45, 7) is 0.366. The first kappa shape index (κ1) is 11.9. The van der Waals surface area contributed by atoms with Crippen molar-refractivity contribution in [1.29, 1.82) is 0 Å². The normalized spacial score (nSPS) is 16.2. The lowest BCUT2D eigenvalue weighted by atomic mass is 9.95. The van der Waals surface area contributed by atoms with Crippen molar-refractivity contribution < 1.29 is 27.1 Å². The number of aliphatic hydroxyl groups is 1. The molecule has 0 saturated heterocycles. The SMILES string of the molecule is CC(O)(c1cc(F)ccc1F)C(F)(F)F. The van der Waals surface area contributed by atoms with Gasteiger partial charge in [-0.2, -0.15) is 13.2 Å². The minimum atomic E-state index is -5.07. The van der Waals surface area contributed by atoms with Crippen LogP contribution >= 0.6 is 0 Å². The van der Waals surface area contributed by atoms with Gasteiger partial charge in [-0.05, 0) is 25.1 Å². The minimum Gasteiger partial charge on any atom is -0.376 e. The molecule has 1 aromatic rings. The van der Waals surface area contributed by atoms with E-state index >= 15 is 0 Å². The van der Waals surface area contributed by atoms with Crippen LogP contribution in [0.4, 0.5) is 22.0 Å². The summed E-state index contributed by atoms with van der Waals surface area (Å²) in [6, 6.07) is 1.53. The lowest BCUT2D eigenvalue weighted by molar-refractivity contribution is -0.259. The fraction of sp³-hybridized carbons (Fsp3) is 0.333. The minimum absolute atomic E-state index is 0.322. The van der Waals surface area contributed by atoms with Gasteiger partial charge in [-0.1, -0.05) is 0 Å². The third kappa shape index (κ3) is 2.09. The highest BCUT2D eigenvalue weighted by molar-refractivity contribution is 5.26. The van der Waals surface area contributed by atoms with Crippen LogP contribution in [0.15, 0.2) is 18.2 Å².